The molecule has 0 saturated carbocycles. The lowest BCUT2D eigenvalue weighted by molar-refractivity contribution is -0.137. The van der Waals surface area contributed by atoms with Crippen LogP contribution in [0.3, 0.4) is 0 Å². The molecular formula is C18H14Cl2F3N5OS. The standard InChI is InChI=1S/C18H14Cl2F3N5OS/c1-9(16(29)25-14-7-6-10(19)8-12(14)18(21,22)23)30-17-27-26-15(28(17)24)11-4-2-3-5-13(11)20/h2-9H,24H2,1H3,(H,25,29). The highest BCUT2D eigenvalue weighted by Gasteiger charge is 2.34. The molecule has 3 N–H and O–H groups in total. The number of rotatable bonds is 5. The van der Waals surface area contributed by atoms with E-state index in [1.54, 1.807) is 24.3 Å². The van der Waals surface area contributed by atoms with Gasteiger partial charge in [-0.05, 0) is 37.3 Å². The van der Waals surface area contributed by atoms with Crippen LogP contribution >= 0.6 is 35.0 Å². The molecule has 3 rings (SSSR count). The van der Waals surface area contributed by atoms with Gasteiger partial charge >= 0.3 is 6.18 Å². The van der Waals surface area contributed by atoms with Crippen LogP contribution < -0.4 is 11.2 Å². The van der Waals surface area contributed by atoms with Crippen molar-refractivity contribution in [3.63, 3.8) is 0 Å². The van der Waals surface area contributed by atoms with Crippen LogP contribution in [0.15, 0.2) is 47.6 Å². The Morgan fingerprint density at radius 1 is 1.20 bits per heavy atom. The number of carbonyl (C=O) groups excluding carboxylic acids is 1. The van der Waals surface area contributed by atoms with Gasteiger partial charge in [0, 0.05) is 10.6 Å². The van der Waals surface area contributed by atoms with Gasteiger partial charge in [-0.2, -0.15) is 13.2 Å². The first-order valence-electron chi connectivity index (χ1n) is 8.37. The normalized spacial score (nSPS) is 12.6. The molecule has 0 fully saturated rings. The second-order valence-corrected chi connectivity index (χ2v) is 8.24. The van der Waals surface area contributed by atoms with E-state index in [0.717, 1.165) is 23.9 Å². The smallest absolute Gasteiger partial charge is 0.335 e. The molecule has 1 unspecified atom stereocenters. The fraction of sp³-hybridized carbons (Fsp3) is 0.167. The highest BCUT2D eigenvalue weighted by molar-refractivity contribution is 8.00. The zero-order valence-electron chi connectivity index (χ0n) is 15.2. The summed E-state index contributed by atoms with van der Waals surface area (Å²) in [6.45, 7) is 1.51. The van der Waals surface area contributed by atoms with Crippen molar-refractivity contribution in [2.75, 3.05) is 11.2 Å². The molecule has 1 amide bonds. The first kappa shape index (κ1) is 22.3. The highest BCUT2D eigenvalue weighted by Crippen LogP contribution is 2.37. The SMILES string of the molecule is CC(Sc1nnc(-c2ccccc2Cl)n1N)C(=O)Nc1ccc(Cl)cc1C(F)(F)F. The molecule has 0 radical (unpaired) electrons. The lowest BCUT2D eigenvalue weighted by Crippen LogP contribution is -2.25. The van der Waals surface area contributed by atoms with Gasteiger partial charge in [-0.15, -0.1) is 10.2 Å². The van der Waals surface area contributed by atoms with Crippen molar-refractivity contribution in [1.82, 2.24) is 14.9 Å². The molecule has 0 bridgehead atoms. The Bertz CT molecular complexity index is 1090. The van der Waals surface area contributed by atoms with Crippen LogP contribution in [-0.4, -0.2) is 26.0 Å². The van der Waals surface area contributed by atoms with E-state index in [1.807, 2.05) is 0 Å². The van der Waals surface area contributed by atoms with E-state index in [1.165, 1.54) is 17.7 Å². The molecule has 30 heavy (non-hydrogen) atoms. The van der Waals surface area contributed by atoms with Crippen molar-refractivity contribution in [1.29, 1.82) is 0 Å². The number of nitrogens with two attached hydrogens (primary N) is 1. The summed E-state index contributed by atoms with van der Waals surface area (Å²) in [4.78, 5) is 12.5. The molecule has 1 aromatic heterocycles. The number of anilines is 1. The molecule has 0 aliphatic rings. The lowest BCUT2D eigenvalue weighted by Gasteiger charge is -2.16. The molecule has 1 atom stereocenters. The molecule has 0 aliphatic heterocycles. The number of hydrogen-bond donors (Lipinski definition) is 2. The Balaban J connectivity index is 1.77. The van der Waals surface area contributed by atoms with Gasteiger partial charge in [0.1, 0.15) is 0 Å². The molecule has 3 aromatic rings. The van der Waals surface area contributed by atoms with Crippen molar-refractivity contribution in [2.24, 2.45) is 0 Å². The van der Waals surface area contributed by atoms with Crippen LogP contribution in [0.5, 0.6) is 0 Å². The summed E-state index contributed by atoms with van der Waals surface area (Å²) in [5.74, 6) is 5.63. The first-order chi connectivity index (χ1) is 14.1. The summed E-state index contributed by atoms with van der Waals surface area (Å²) < 4.78 is 40.8. The molecule has 12 heteroatoms. The van der Waals surface area contributed by atoms with Crippen LogP contribution in [-0.2, 0) is 11.0 Å². The van der Waals surface area contributed by atoms with Gasteiger partial charge < -0.3 is 11.2 Å². The number of carbonyl (C=O) groups is 1. The van der Waals surface area contributed by atoms with Crippen molar-refractivity contribution >= 4 is 46.6 Å². The number of alkyl halides is 3. The van der Waals surface area contributed by atoms with Crippen molar-refractivity contribution in [3.05, 3.63) is 58.1 Å². The zero-order chi connectivity index (χ0) is 22.1. The molecule has 0 aliphatic carbocycles. The molecule has 0 spiro atoms. The Morgan fingerprint density at radius 2 is 1.90 bits per heavy atom. The monoisotopic (exact) mass is 475 g/mol. The third-order valence-electron chi connectivity index (χ3n) is 3.98. The van der Waals surface area contributed by atoms with E-state index in [9.17, 15) is 18.0 Å². The number of halogens is 5. The fourth-order valence-corrected chi connectivity index (χ4v) is 3.65. The van der Waals surface area contributed by atoms with E-state index in [2.05, 4.69) is 15.5 Å². The summed E-state index contributed by atoms with van der Waals surface area (Å²) in [7, 11) is 0. The molecular weight excluding hydrogens is 462 g/mol. The predicted molar refractivity (Wildman–Crippen MR) is 111 cm³/mol. The minimum atomic E-state index is -4.68. The molecule has 6 nitrogen and oxygen atoms in total. The number of nitrogens with zero attached hydrogens (tertiary/aromatic N) is 3. The van der Waals surface area contributed by atoms with Gasteiger partial charge in [0.25, 0.3) is 0 Å². The fourth-order valence-electron chi connectivity index (χ4n) is 2.49. The maximum Gasteiger partial charge on any atom is 0.418 e. The van der Waals surface area contributed by atoms with E-state index >= 15 is 0 Å². The molecule has 2 aromatic carbocycles. The van der Waals surface area contributed by atoms with Gasteiger partial charge in [-0.25, -0.2) is 4.68 Å². The van der Waals surface area contributed by atoms with E-state index in [-0.39, 0.29) is 16.0 Å². The second-order valence-electron chi connectivity index (χ2n) is 6.09. The Labute approximate surface area is 183 Å². The lowest BCUT2D eigenvalue weighted by atomic mass is 10.1. The minimum absolute atomic E-state index is 0.0916. The average molecular weight is 476 g/mol. The third-order valence-corrected chi connectivity index (χ3v) is 5.60. The molecule has 1 heterocycles. The average Bonchev–Trinajstić information content (AvgIpc) is 3.03. The van der Waals surface area contributed by atoms with Crippen LogP contribution in [0.4, 0.5) is 18.9 Å². The number of aromatic nitrogens is 3. The summed E-state index contributed by atoms with van der Waals surface area (Å²) in [6, 6.07) is 9.98. The number of hydrogen-bond acceptors (Lipinski definition) is 5. The van der Waals surface area contributed by atoms with Crippen LogP contribution in [0.2, 0.25) is 10.0 Å². The van der Waals surface area contributed by atoms with Crippen molar-refractivity contribution in [3.8, 4) is 11.4 Å². The maximum atomic E-state index is 13.2. The predicted octanol–water partition coefficient (Wildman–Crippen LogP) is 5.10. The first-order valence-corrected chi connectivity index (χ1v) is 10.0. The summed E-state index contributed by atoms with van der Waals surface area (Å²) in [5.41, 5.74) is -0.882. The number of benzene rings is 2. The summed E-state index contributed by atoms with van der Waals surface area (Å²) in [6.07, 6.45) is -4.68. The quantitative estimate of drug-likeness (QED) is 0.395. The number of nitrogen functional groups attached to an aromatic ring is 1. The number of thioether (sulfide) groups is 1. The zero-order valence-corrected chi connectivity index (χ0v) is 17.6. The highest BCUT2D eigenvalue weighted by atomic mass is 35.5. The number of amides is 1. The van der Waals surface area contributed by atoms with Crippen LogP contribution in [0.1, 0.15) is 12.5 Å². The van der Waals surface area contributed by atoms with E-state index in [0.29, 0.717) is 10.6 Å². The second kappa shape index (κ2) is 8.75. The Kier molecular flexibility index (Phi) is 6.49. The van der Waals surface area contributed by atoms with Crippen molar-refractivity contribution < 1.29 is 18.0 Å². The Morgan fingerprint density at radius 3 is 2.57 bits per heavy atom. The van der Waals surface area contributed by atoms with Gasteiger partial charge in [-0.3, -0.25) is 4.79 Å². The molecule has 0 saturated heterocycles. The number of nitrogens with one attached hydrogen (secondary N) is 1. The van der Waals surface area contributed by atoms with Crippen molar-refractivity contribution in [2.45, 2.75) is 23.5 Å². The van der Waals surface area contributed by atoms with Gasteiger partial charge in [0.2, 0.25) is 11.1 Å². The van der Waals surface area contributed by atoms with E-state index in [4.69, 9.17) is 29.0 Å². The van der Waals surface area contributed by atoms with E-state index < -0.39 is 28.6 Å². The molecule has 158 valence electrons. The van der Waals surface area contributed by atoms with Gasteiger partial charge in [-0.1, -0.05) is 47.1 Å². The summed E-state index contributed by atoms with van der Waals surface area (Å²) in [5, 5.41) is 9.90. The maximum absolute atomic E-state index is 13.2. The van der Waals surface area contributed by atoms with Crippen LogP contribution in [0, 0.1) is 0 Å². The minimum Gasteiger partial charge on any atom is -0.335 e. The Hall–Kier alpha value is -2.43. The third kappa shape index (κ3) is 4.82. The van der Waals surface area contributed by atoms with Gasteiger partial charge in [0.15, 0.2) is 5.82 Å². The van der Waals surface area contributed by atoms with Gasteiger partial charge in [0.05, 0.1) is 21.5 Å². The van der Waals surface area contributed by atoms with Crippen LogP contribution in [0.25, 0.3) is 11.4 Å². The summed E-state index contributed by atoms with van der Waals surface area (Å²) >= 11 is 12.7. The topological polar surface area (TPSA) is 85.8 Å². The largest absolute Gasteiger partial charge is 0.418 e.